The third kappa shape index (κ3) is 4.05. The largest absolute Gasteiger partial charge is 0.389 e. The molecule has 1 saturated heterocycles. The maximum Gasteiger partial charge on any atom is 0.225 e. The van der Waals surface area contributed by atoms with E-state index >= 15 is 0 Å². The minimum atomic E-state index is -0.812. The van der Waals surface area contributed by atoms with Crippen LogP contribution in [0.4, 0.5) is 5.82 Å². The van der Waals surface area contributed by atoms with Crippen LogP contribution in [0.3, 0.4) is 0 Å². The first-order valence-corrected chi connectivity index (χ1v) is 8.86. The molecule has 1 aliphatic carbocycles. The van der Waals surface area contributed by atoms with Crippen LogP contribution < -0.4 is 5.32 Å². The number of pyridine rings is 1. The SMILES string of the molecule is CNc1cccc(C2CN(C(=O)CC3(O)CCCCC3)CCO2)n1. The molecule has 6 heteroatoms. The molecule has 1 unspecified atom stereocenters. The molecule has 132 valence electrons. The Morgan fingerprint density at radius 3 is 2.96 bits per heavy atom. The number of rotatable bonds is 4. The number of carbonyl (C=O) groups is 1. The molecule has 0 radical (unpaired) electrons. The highest BCUT2D eigenvalue weighted by molar-refractivity contribution is 5.77. The van der Waals surface area contributed by atoms with Crippen LogP contribution in [0.1, 0.15) is 50.3 Å². The summed E-state index contributed by atoms with van der Waals surface area (Å²) in [6.45, 7) is 1.58. The molecule has 2 aliphatic rings. The molecule has 0 aromatic carbocycles. The van der Waals surface area contributed by atoms with E-state index in [9.17, 15) is 9.90 Å². The van der Waals surface area contributed by atoms with E-state index in [2.05, 4.69) is 10.3 Å². The molecule has 1 aliphatic heterocycles. The van der Waals surface area contributed by atoms with E-state index in [1.54, 1.807) is 0 Å². The maximum atomic E-state index is 12.6. The average Bonchev–Trinajstić information content (AvgIpc) is 2.62. The van der Waals surface area contributed by atoms with Crippen molar-refractivity contribution in [3.05, 3.63) is 23.9 Å². The Morgan fingerprint density at radius 1 is 1.42 bits per heavy atom. The summed E-state index contributed by atoms with van der Waals surface area (Å²) < 4.78 is 5.81. The van der Waals surface area contributed by atoms with Crippen LogP contribution in [-0.4, -0.2) is 53.2 Å². The zero-order valence-corrected chi connectivity index (χ0v) is 14.3. The van der Waals surface area contributed by atoms with Gasteiger partial charge in [0.05, 0.1) is 30.9 Å². The summed E-state index contributed by atoms with van der Waals surface area (Å²) in [5, 5.41) is 13.6. The standard InChI is InChI=1S/C18H27N3O3/c1-19-16-7-5-6-14(20-16)15-13-21(10-11-24-15)17(22)12-18(23)8-3-2-4-9-18/h5-7,15,23H,2-4,8-13H2,1H3,(H,19,20). The van der Waals surface area contributed by atoms with Gasteiger partial charge in [0.1, 0.15) is 11.9 Å². The van der Waals surface area contributed by atoms with Crippen LogP contribution in [0.5, 0.6) is 0 Å². The van der Waals surface area contributed by atoms with Gasteiger partial charge < -0.3 is 20.1 Å². The third-order valence-electron chi connectivity index (χ3n) is 5.04. The summed E-state index contributed by atoms with van der Waals surface area (Å²) >= 11 is 0. The number of ether oxygens (including phenoxy) is 1. The minimum absolute atomic E-state index is 0.0254. The van der Waals surface area contributed by atoms with Gasteiger partial charge in [0, 0.05) is 13.6 Å². The van der Waals surface area contributed by atoms with Gasteiger partial charge in [-0.3, -0.25) is 4.79 Å². The zero-order valence-electron chi connectivity index (χ0n) is 14.3. The van der Waals surface area contributed by atoms with E-state index in [1.807, 2.05) is 30.1 Å². The molecule has 1 aromatic heterocycles. The highest BCUT2D eigenvalue weighted by Crippen LogP contribution is 2.32. The quantitative estimate of drug-likeness (QED) is 0.883. The number of aliphatic hydroxyl groups is 1. The first kappa shape index (κ1) is 17.2. The van der Waals surface area contributed by atoms with Crippen LogP contribution in [-0.2, 0) is 9.53 Å². The van der Waals surface area contributed by atoms with Crippen molar-refractivity contribution in [2.75, 3.05) is 32.1 Å². The topological polar surface area (TPSA) is 74.7 Å². The van der Waals surface area contributed by atoms with Crippen molar-refractivity contribution in [2.45, 2.75) is 50.2 Å². The average molecular weight is 333 g/mol. The van der Waals surface area contributed by atoms with E-state index in [4.69, 9.17) is 4.74 Å². The highest BCUT2D eigenvalue weighted by atomic mass is 16.5. The lowest BCUT2D eigenvalue weighted by Crippen LogP contribution is -2.46. The summed E-state index contributed by atoms with van der Waals surface area (Å²) in [7, 11) is 1.83. The van der Waals surface area contributed by atoms with Crippen LogP contribution in [0.25, 0.3) is 0 Å². The van der Waals surface area contributed by atoms with Gasteiger partial charge >= 0.3 is 0 Å². The van der Waals surface area contributed by atoms with Crippen LogP contribution in [0, 0.1) is 0 Å². The van der Waals surface area contributed by atoms with Gasteiger partial charge in [-0.25, -0.2) is 4.98 Å². The predicted octanol–water partition coefficient (Wildman–Crippen LogP) is 2.11. The third-order valence-corrected chi connectivity index (χ3v) is 5.04. The van der Waals surface area contributed by atoms with E-state index in [1.165, 1.54) is 0 Å². The maximum absolute atomic E-state index is 12.6. The number of anilines is 1. The van der Waals surface area contributed by atoms with Crippen LogP contribution in [0.2, 0.25) is 0 Å². The van der Waals surface area contributed by atoms with E-state index in [-0.39, 0.29) is 18.4 Å². The van der Waals surface area contributed by atoms with E-state index < -0.39 is 5.60 Å². The number of carbonyl (C=O) groups excluding carboxylic acids is 1. The van der Waals surface area contributed by atoms with Crippen molar-refractivity contribution < 1.29 is 14.6 Å². The fourth-order valence-corrected chi connectivity index (χ4v) is 3.60. The Labute approximate surface area is 143 Å². The first-order chi connectivity index (χ1) is 11.6. The minimum Gasteiger partial charge on any atom is -0.389 e. The van der Waals surface area contributed by atoms with Crippen molar-refractivity contribution in [1.29, 1.82) is 0 Å². The molecular formula is C18H27N3O3. The lowest BCUT2D eigenvalue weighted by atomic mass is 9.82. The molecular weight excluding hydrogens is 306 g/mol. The number of hydrogen-bond donors (Lipinski definition) is 2. The molecule has 1 saturated carbocycles. The van der Waals surface area contributed by atoms with E-state index in [0.717, 1.165) is 43.6 Å². The summed E-state index contributed by atoms with van der Waals surface area (Å²) in [5.74, 6) is 0.813. The molecule has 2 N–H and O–H groups in total. The van der Waals surface area contributed by atoms with Gasteiger partial charge in [-0.2, -0.15) is 0 Å². The molecule has 2 heterocycles. The number of nitrogens with one attached hydrogen (secondary N) is 1. The smallest absolute Gasteiger partial charge is 0.225 e. The fourth-order valence-electron chi connectivity index (χ4n) is 3.60. The van der Waals surface area contributed by atoms with Gasteiger partial charge in [-0.15, -0.1) is 0 Å². The second-order valence-electron chi connectivity index (χ2n) is 6.86. The Balaban J connectivity index is 1.63. The van der Waals surface area contributed by atoms with Crippen molar-refractivity contribution >= 4 is 11.7 Å². The van der Waals surface area contributed by atoms with Crippen LogP contribution in [0.15, 0.2) is 18.2 Å². The second-order valence-corrected chi connectivity index (χ2v) is 6.86. The monoisotopic (exact) mass is 333 g/mol. The summed E-state index contributed by atoms with van der Waals surface area (Å²) in [4.78, 5) is 19.0. The van der Waals surface area contributed by atoms with Gasteiger partial charge in [0.2, 0.25) is 5.91 Å². The van der Waals surface area contributed by atoms with Gasteiger partial charge in [0.15, 0.2) is 0 Å². The Hall–Kier alpha value is -1.66. The predicted molar refractivity (Wildman–Crippen MR) is 91.7 cm³/mol. The lowest BCUT2D eigenvalue weighted by molar-refractivity contribution is -0.145. The van der Waals surface area contributed by atoms with Crippen molar-refractivity contribution in [1.82, 2.24) is 9.88 Å². The van der Waals surface area contributed by atoms with Crippen LogP contribution >= 0.6 is 0 Å². The Kier molecular flexibility index (Phi) is 5.36. The molecule has 0 spiro atoms. The number of aromatic nitrogens is 1. The number of nitrogens with zero attached hydrogens (tertiary/aromatic N) is 2. The lowest BCUT2D eigenvalue weighted by Gasteiger charge is -2.37. The van der Waals surface area contributed by atoms with Gasteiger partial charge in [-0.1, -0.05) is 25.3 Å². The molecule has 0 bridgehead atoms. The highest BCUT2D eigenvalue weighted by Gasteiger charge is 2.35. The molecule has 2 fully saturated rings. The number of amides is 1. The summed E-state index contributed by atoms with van der Waals surface area (Å²) in [5.41, 5.74) is 0.0173. The number of morpholine rings is 1. The molecule has 3 rings (SSSR count). The molecule has 24 heavy (non-hydrogen) atoms. The zero-order chi connectivity index (χ0) is 17.0. The normalized spacial score (nSPS) is 23.8. The van der Waals surface area contributed by atoms with Gasteiger partial charge in [0.25, 0.3) is 0 Å². The Bertz CT molecular complexity index is 572. The fraction of sp³-hybridized carbons (Fsp3) is 0.667. The molecule has 1 aromatic rings. The molecule has 6 nitrogen and oxygen atoms in total. The van der Waals surface area contributed by atoms with Crippen molar-refractivity contribution in [3.63, 3.8) is 0 Å². The summed E-state index contributed by atoms with van der Waals surface area (Å²) in [6, 6.07) is 5.75. The van der Waals surface area contributed by atoms with E-state index in [0.29, 0.717) is 19.7 Å². The van der Waals surface area contributed by atoms with Gasteiger partial charge in [-0.05, 0) is 25.0 Å². The molecule has 1 atom stereocenters. The first-order valence-electron chi connectivity index (χ1n) is 8.86. The second kappa shape index (κ2) is 7.49. The number of hydrogen-bond acceptors (Lipinski definition) is 5. The molecule has 1 amide bonds. The van der Waals surface area contributed by atoms with Crippen molar-refractivity contribution in [3.8, 4) is 0 Å². The summed E-state index contributed by atoms with van der Waals surface area (Å²) in [6.07, 6.45) is 4.66. The van der Waals surface area contributed by atoms with Crippen molar-refractivity contribution in [2.24, 2.45) is 0 Å². The Morgan fingerprint density at radius 2 is 2.21 bits per heavy atom.